The van der Waals surface area contributed by atoms with Crippen LogP contribution in [-0.4, -0.2) is 35.1 Å². The summed E-state index contributed by atoms with van der Waals surface area (Å²) in [5.41, 5.74) is 3.56. The fourth-order valence-corrected chi connectivity index (χ4v) is 3.79. The zero-order valence-electron chi connectivity index (χ0n) is 18.3. The van der Waals surface area contributed by atoms with Gasteiger partial charge in [0.1, 0.15) is 5.75 Å². The lowest BCUT2D eigenvalue weighted by atomic mass is 10.0. The normalized spacial score (nSPS) is 10.7. The third-order valence-electron chi connectivity index (χ3n) is 5.39. The Morgan fingerprint density at radius 3 is 2.29 bits per heavy atom. The second-order valence-corrected chi connectivity index (χ2v) is 8.24. The second-order valence-electron chi connectivity index (χ2n) is 7.80. The van der Waals surface area contributed by atoms with Crippen LogP contribution in [-0.2, 0) is 17.6 Å². The summed E-state index contributed by atoms with van der Waals surface area (Å²) in [7, 11) is 0. The van der Waals surface area contributed by atoms with Gasteiger partial charge in [-0.3, -0.25) is 9.78 Å². The number of ether oxygens (including phenoxy) is 1. The Morgan fingerprint density at radius 2 is 1.59 bits per heavy atom. The predicted molar refractivity (Wildman–Crippen MR) is 132 cm³/mol. The van der Waals surface area contributed by atoms with E-state index in [4.69, 9.17) is 21.4 Å². The number of hydrogen-bond acceptors (Lipinski definition) is 4. The van der Waals surface area contributed by atoms with E-state index in [0.717, 1.165) is 34.0 Å². The molecule has 4 rings (SSSR count). The van der Waals surface area contributed by atoms with E-state index in [-0.39, 0.29) is 5.91 Å². The molecule has 3 aromatic carbocycles. The maximum absolute atomic E-state index is 12.5. The number of rotatable bonds is 9. The molecule has 2 N–H and O–H groups in total. The monoisotopic (exact) mass is 474 g/mol. The van der Waals surface area contributed by atoms with Gasteiger partial charge in [-0.1, -0.05) is 60.1 Å². The molecule has 0 radical (unpaired) electrons. The van der Waals surface area contributed by atoms with E-state index in [1.165, 1.54) is 0 Å². The Morgan fingerprint density at radius 1 is 0.912 bits per heavy atom. The molecule has 1 amide bonds. The van der Waals surface area contributed by atoms with Crippen molar-refractivity contribution in [1.82, 2.24) is 10.3 Å². The van der Waals surface area contributed by atoms with Crippen molar-refractivity contribution in [3.8, 4) is 5.75 Å². The summed E-state index contributed by atoms with van der Waals surface area (Å²) in [6.45, 7) is 0.114. The van der Waals surface area contributed by atoms with Gasteiger partial charge in [0.15, 0.2) is 6.61 Å². The first-order valence-electron chi connectivity index (χ1n) is 10.8. The van der Waals surface area contributed by atoms with E-state index in [1.54, 1.807) is 18.3 Å². The molecule has 0 spiro atoms. The number of carboxylic acid groups (broad SMARTS) is 1. The highest BCUT2D eigenvalue weighted by Gasteiger charge is 2.11. The van der Waals surface area contributed by atoms with Gasteiger partial charge in [0, 0.05) is 34.3 Å². The molecule has 0 saturated heterocycles. The molecule has 0 aliphatic rings. The van der Waals surface area contributed by atoms with E-state index in [1.807, 2.05) is 60.7 Å². The number of carbonyl (C=O) groups is 2. The summed E-state index contributed by atoms with van der Waals surface area (Å²) >= 11 is 5.90. The molecule has 0 aliphatic heterocycles. The van der Waals surface area contributed by atoms with Crippen LogP contribution in [0.2, 0.25) is 5.02 Å². The van der Waals surface area contributed by atoms with E-state index >= 15 is 0 Å². The van der Waals surface area contributed by atoms with Gasteiger partial charge in [-0.05, 0) is 41.8 Å². The van der Waals surface area contributed by atoms with E-state index in [9.17, 15) is 9.59 Å². The fraction of sp³-hybridized carbons (Fsp3) is 0.148. The first-order valence-corrected chi connectivity index (χ1v) is 11.2. The first kappa shape index (κ1) is 23.3. The molecular formula is C27H23ClN2O4. The van der Waals surface area contributed by atoms with Crippen molar-refractivity contribution in [2.45, 2.75) is 12.8 Å². The predicted octanol–water partition coefficient (Wildman–Crippen LogP) is 4.91. The molecule has 4 aromatic rings. The molecule has 0 aliphatic carbocycles. The Bertz CT molecular complexity index is 1300. The maximum Gasteiger partial charge on any atom is 0.341 e. The lowest BCUT2D eigenvalue weighted by Gasteiger charge is -2.11. The van der Waals surface area contributed by atoms with E-state index < -0.39 is 12.6 Å². The van der Waals surface area contributed by atoms with Crippen LogP contribution in [0, 0.1) is 0 Å². The molecule has 6 nitrogen and oxygen atoms in total. The molecule has 0 saturated carbocycles. The number of aliphatic carboxylic acids is 1. The molecule has 7 heteroatoms. The molecule has 172 valence electrons. The van der Waals surface area contributed by atoms with Crippen LogP contribution in [0.4, 0.5) is 0 Å². The zero-order valence-corrected chi connectivity index (χ0v) is 19.1. The number of carbonyl (C=O) groups excluding carboxylic acids is 1. The minimum Gasteiger partial charge on any atom is -0.480 e. The van der Waals surface area contributed by atoms with Gasteiger partial charge in [0.05, 0.1) is 11.9 Å². The Balaban J connectivity index is 1.40. The van der Waals surface area contributed by atoms with Crippen LogP contribution in [0.5, 0.6) is 5.75 Å². The van der Waals surface area contributed by atoms with Crippen LogP contribution in [0.15, 0.2) is 79.0 Å². The van der Waals surface area contributed by atoms with Gasteiger partial charge in [-0.15, -0.1) is 0 Å². The van der Waals surface area contributed by atoms with Crippen molar-refractivity contribution in [2.75, 3.05) is 13.2 Å². The number of amides is 1. The van der Waals surface area contributed by atoms with Crippen molar-refractivity contribution in [2.24, 2.45) is 0 Å². The summed E-state index contributed by atoms with van der Waals surface area (Å²) in [6.07, 6.45) is 2.85. The van der Waals surface area contributed by atoms with E-state index in [0.29, 0.717) is 29.3 Å². The van der Waals surface area contributed by atoms with Crippen LogP contribution in [0.25, 0.3) is 10.8 Å². The Labute approximate surface area is 202 Å². The third-order valence-corrected chi connectivity index (χ3v) is 5.64. The van der Waals surface area contributed by atoms with Gasteiger partial charge < -0.3 is 15.2 Å². The number of hydrogen-bond donors (Lipinski definition) is 2. The van der Waals surface area contributed by atoms with Crippen molar-refractivity contribution in [1.29, 1.82) is 0 Å². The van der Waals surface area contributed by atoms with Crippen molar-refractivity contribution < 1.29 is 19.4 Å². The lowest BCUT2D eigenvalue weighted by Crippen LogP contribution is -2.25. The number of aromatic nitrogens is 1. The molecule has 0 bridgehead atoms. The molecular weight excluding hydrogens is 452 g/mol. The summed E-state index contributed by atoms with van der Waals surface area (Å²) in [5.74, 6) is -0.723. The quantitative estimate of drug-likeness (QED) is 0.359. The van der Waals surface area contributed by atoms with Crippen LogP contribution in [0.3, 0.4) is 0 Å². The standard InChI is InChI=1S/C27H23ClN2O4/c28-21-11-7-18(8-12-21)13-14-29-27(33)20-9-5-19(6-10-20)15-24-22-3-1-2-4-23(22)25(16-30-24)34-17-26(31)32/h1-12,16H,13-15,17H2,(H,29,33)(H,31,32). The number of fused-ring (bicyclic) bond motifs is 1. The number of pyridine rings is 1. The van der Waals surface area contributed by atoms with Gasteiger partial charge in [-0.2, -0.15) is 0 Å². The van der Waals surface area contributed by atoms with Crippen molar-refractivity contribution >= 4 is 34.2 Å². The largest absolute Gasteiger partial charge is 0.480 e. The number of halogens is 1. The Hall–Kier alpha value is -3.90. The van der Waals surface area contributed by atoms with Gasteiger partial charge in [-0.25, -0.2) is 4.79 Å². The maximum atomic E-state index is 12.5. The van der Waals surface area contributed by atoms with Crippen LogP contribution < -0.4 is 10.1 Å². The number of benzene rings is 3. The highest BCUT2D eigenvalue weighted by Crippen LogP contribution is 2.28. The highest BCUT2D eigenvalue weighted by atomic mass is 35.5. The summed E-state index contributed by atoms with van der Waals surface area (Å²) in [5, 5.41) is 14.2. The topological polar surface area (TPSA) is 88.5 Å². The average molecular weight is 475 g/mol. The number of nitrogens with one attached hydrogen (secondary N) is 1. The minimum absolute atomic E-state index is 0.121. The smallest absolute Gasteiger partial charge is 0.341 e. The van der Waals surface area contributed by atoms with E-state index in [2.05, 4.69) is 10.3 Å². The third kappa shape index (κ3) is 5.91. The van der Waals surface area contributed by atoms with Crippen LogP contribution in [0.1, 0.15) is 27.2 Å². The average Bonchev–Trinajstić information content (AvgIpc) is 2.85. The second kappa shape index (κ2) is 10.8. The zero-order chi connectivity index (χ0) is 23.9. The highest BCUT2D eigenvalue weighted by molar-refractivity contribution is 6.30. The number of nitrogens with zero attached hydrogens (tertiary/aromatic N) is 1. The minimum atomic E-state index is -1.04. The molecule has 1 heterocycles. The summed E-state index contributed by atoms with van der Waals surface area (Å²) < 4.78 is 5.38. The van der Waals surface area contributed by atoms with Gasteiger partial charge >= 0.3 is 5.97 Å². The molecule has 0 fully saturated rings. The molecule has 0 atom stereocenters. The Kier molecular flexibility index (Phi) is 7.40. The number of carboxylic acids is 1. The first-order chi connectivity index (χ1) is 16.5. The SMILES string of the molecule is O=C(O)COc1cnc(Cc2ccc(C(=O)NCCc3ccc(Cl)cc3)cc2)c2ccccc12. The molecule has 34 heavy (non-hydrogen) atoms. The molecule has 1 aromatic heterocycles. The van der Waals surface area contributed by atoms with Crippen molar-refractivity contribution in [3.05, 3.63) is 106 Å². The lowest BCUT2D eigenvalue weighted by molar-refractivity contribution is -0.139. The summed E-state index contributed by atoms with van der Waals surface area (Å²) in [6, 6.07) is 22.6. The fourth-order valence-electron chi connectivity index (χ4n) is 3.66. The van der Waals surface area contributed by atoms with Crippen molar-refractivity contribution in [3.63, 3.8) is 0 Å². The van der Waals surface area contributed by atoms with Gasteiger partial charge in [0.2, 0.25) is 0 Å². The van der Waals surface area contributed by atoms with Gasteiger partial charge in [0.25, 0.3) is 5.91 Å². The van der Waals surface area contributed by atoms with Crippen LogP contribution >= 0.6 is 11.6 Å². The molecule has 0 unspecified atom stereocenters. The summed E-state index contributed by atoms with van der Waals surface area (Å²) in [4.78, 5) is 27.8.